The molecule has 0 bridgehead atoms. The molecule has 112 valence electrons. The molecule has 1 aromatic rings. The summed E-state index contributed by atoms with van der Waals surface area (Å²) in [5, 5.41) is 2.75. The first-order chi connectivity index (χ1) is 9.21. The minimum absolute atomic E-state index is 0.00239. The van der Waals surface area contributed by atoms with E-state index in [0.29, 0.717) is 17.9 Å². The van der Waals surface area contributed by atoms with Crippen LogP contribution in [0.3, 0.4) is 0 Å². The highest BCUT2D eigenvalue weighted by molar-refractivity contribution is 5.86. The maximum absolute atomic E-state index is 11.9. The highest BCUT2D eigenvalue weighted by atomic mass is 16.6. The minimum Gasteiger partial charge on any atom is -0.497 e. The topological polar surface area (TPSA) is 73.6 Å². The van der Waals surface area contributed by atoms with Crippen LogP contribution in [0.25, 0.3) is 0 Å². The highest BCUT2D eigenvalue weighted by Crippen LogP contribution is 2.24. The molecular weight excluding hydrogens is 256 g/mol. The van der Waals surface area contributed by atoms with E-state index in [9.17, 15) is 4.79 Å². The van der Waals surface area contributed by atoms with Crippen LogP contribution in [0.5, 0.6) is 5.75 Å². The number of rotatable bonds is 4. The van der Waals surface area contributed by atoms with Crippen molar-refractivity contribution in [1.82, 2.24) is 0 Å². The SMILES string of the molecule is COc1ccc(C[C@@H](C)N)c(NC(=O)OC(C)(C)C)c1. The molecule has 3 N–H and O–H groups in total. The highest BCUT2D eigenvalue weighted by Gasteiger charge is 2.17. The third-order valence-corrected chi connectivity index (χ3v) is 2.49. The van der Waals surface area contributed by atoms with Gasteiger partial charge in [0.15, 0.2) is 0 Å². The van der Waals surface area contributed by atoms with Gasteiger partial charge in [0.25, 0.3) is 0 Å². The third-order valence-electron chi connectivity index (χ3n) is 2.49. The van der Waals surface area contributed by atoms with Crippen LogP contribution in [0.4, 0.5) is 10.5 Å². The quantitative estimate of drug-likeness (QED) is 0.889. The molecular formula is C15H24N2O3. The van der Waals surface area contributed by atoms with Crippen LogP contribution in [-0.4, -0.2) is 24.8 Å². The second-order valence-electron chi connectivity index (χ2n) is 5.83. The molecule has 1 aromatic carbocycles. The van der Waals surface area contributed by atoms with Gasteiger partial charge in [0, 0.05) is 12.1 Å². The van der Waals surface area contributed by atoms with Crippen LogP contribution >= 0.6 is 0 Å². The lowest BCUT2D eigenvalue weighted by Crippen LogP contribution is -2.28. The van der Waals surface area contributed by atoms with Crippen molar-refractivity contribution < 1.29 is 14.3 Å². The summed E-state index contributed by atoms with van der Waals surface area (Å²) in [4.78, 5) is 11.9. The van der Waals surface area contributed by atoms with Crippen LogP contribution in [0, 0.1) is 0 Å². The monoisotopic (exact) mass is 280 g/mol. The smallest absolute Gasteiger partial charge is 0.412 e. The van der Waals surface area contributed by atoms with Crippen LogP contribution in [0.1, 0.15) is 33.3 Å². The molecule has 0 aromatic heterocycles. The van der Waals surface area contributed by atoms with E-state index in [0.717, 1.165) is 5.56 Å². The summed E-state index contributed by atoms with van der Waals surface area (Å²) in [6.07, 6.45) is 0.173. The Balaban J connectivity index is 2.92. The van der Waals surface area contributed by atoms with Crippen molar-refractivity contribution in [3.8, 4) is 5.75 Å². The lowest BCUT2D eigenvalue weighted by atomic mass is 10.1. The molecule has 0 saturated heterocycles. The Morgan fingerprint density at radius 1 is 1.40 bits per heavy atom. The zero-order valence-electron chi connectivity index (χ0n) is 12.8. The summed E-state index contributed by atoms with van der Waals surface area (Å²) in [5.74, 6) is 0.671. The molecule has 20 heavy (non-hydrogen) atoms. The standard InChI is InChI=1S/C15H24N2O3/c1-10(16)8-11-6-7-12(19-5)9-13(11)17-14(18)20-15(2,3)4/h6-7,9-10H,8,16H2,1-5H3,(H,17,18)/t10-/m1/s1. The van der Waals surface area contributed by atoms with Gasteiger partial charge >= 0.3 is 6.09 Å². The van der Waals surface area contributed by atoms with Crippen molar-refractivity contribution in [2.45, 2.75) is 45.8 Å². The summed E-state index contributed by atoms with van der Waals surface area (Å²) in [6, 6.07) is 5.51. The molecule has 1 rings (SSSR count). The minimum atomic E-state index is -0.537. The van der Waals surface area contributed by atoms with Gasteiger partial charge in [0.2, 0.25) is 0 Å². The second kappa shape index (κ2) is 6.61. The molecule has 0 heterocycles. The number of hydrogen-bond acceptors (Lipinski definition) is 4. The van der Waals surface area contributed by atoms with Gasteiger partial charge in [0.05, 0.1) is 12.8 Å². The number of amides is 1. The molecule has 0 spiro atoms. The molecule has 1 amide bonds. The summed E-state index contributed by atoms with van der Waals surface area (Å²) in [7, 11) is 1.58. The zero-order valence-corrected chi connectivity index (χ0v) is 12.8. The van der Waals surface area contributed by atoms with Crippen molar-refractivity contribution in [3.63, 3.8) is 0 Å². The first-order valence-electron chi connectivity index (χ1n) is 6.64. The van der Waals surface area contributed by atoms with Crippen molar-refractivity contribution in [2.75, 3.05) is 12.4 Å². The fraction of sp³-hybridized carbons (Fsp3) is 0.533. The number of methoxy groups -OCH3 is 1. The molecule has 0 radical (unpaired) electrons. The fourth-order valence-corrected chi connectivity index (χ4v) is 1.74. The average Bonchev–Trinajstić information content (AvgIpc) is 2.28. The summed E-state index contributed by atoms with van der Waals surface area (Å²) >= 11 is 0. The Hall–Kier alpha value is -1.75. The number of nitrogens with two attached hydrogens (primary N) is 1. The van der Waals surface area contributed by atoms with E-state index in [1.54, 1.807) is 13.2 Å². The van der Waals surface area contributed by atoms with Crippen molar-refractivity contribution in [2.24, 2.45) is 5.73 Å². The van der Waals surface area contributed by atoms with Crippen molar-refractivity contribution in [3.05, 3.63) is 23.8 Å². The predicted molar refractivity (Wildman–Crippen MR) is 80.2 cm³/mol. The van der Waals surface area contributed by atoms with E-state index in [2.05, 4.69) is 5.32 Å². The van der Waals surface area contributed by atoms with E-state index in [-0.39, 0.29) is 6.04 Å². The summed E-state index contributed by atoms with van der Waals surface area (Å²) < 4.78 is 10.4. The molecule has 0 saturated carbocycles. The Labute approximate surface area is 120 Å². The van der Waals surface area contributed by atoms with Crippen LogP contribution < -0.4 is 15.8 Å². The first kappa shape index (κ1) is 16.3. The van der Waals surface area contributed by atoms with Gasteiger partial charge in [-0.05, 0) is 45.7 Å². The van der Waals surface area contributed by atoms with E-state index in [1.807, 2.05) is 39.8 Å². The van der Waals surface area contributed by atoms with Crippen molar-refractivity contribution >= 4 is 11.8 Å². The summed E-state index contributed by atoms with van der Waals surface area (Å²) in [5.41, 5.74) is 6.90. The molecule has 0 unspecified atom stereocenters. The molecule has 1 atom stereocenters. The number of anilines is 1. The molecule has 0 aliphatic carbocycles. The van der Waals surface area contributed by atoms with Gasteiger partial charge in [-0.15, -0.1) is 0 Å². The van der Waals surface area contributed by atoms with Crippen molar-refractivity contribution in [1.29, 1.82) is 0 Å². The van der Waals surface area contributed by atoms with E-state index < -0.39 is 11.7 Å². The second-order valence-corrected chi connectivity index (χ2v) is 5.83. The normalized spacial score (nSPS) is 12.7. The Bertz CT molecular complexity index is 465. The van der Waals surface area contributed by atoms with Gasteiger partial charge in [-0.1, -0.05) is 6.07 Å². The van der Waals surface area contributed by atoms with E-state index in [1.165, 1.54) is 0 Å². The predicted octanol–water partition coefficient (Wildman–Crippen LogP) is 2.93. The number of benzene rings is 1. The summed E-state index contributed by atoms with van der Waals surface area (Å²) in [6.45, 7) is 7.38. The maximum atomic E-state index is 11.9. The number of carbonyl (C=O) groups excluding carboxylic acids is 1. The molecule has 5 heteroatoms. The fourth-order valence-electron chi connectivity index (χ4n) is 1.74. The average molecular weight is 280 g/mol. The Kier molecular flexibility index (Phi) is 5.39. The van der Waals surface area contributed by atoms with Gasteiger partial charge in [-0.3, -0.25) is 5.32 Å². The van der Waals surface area contributed by atoms with Gasteiger partial charge in [-0.2, -0.15) is 0 Å². The first-order valence-corrected chi connectivity index (χ1v) is 6.64. The molecule has 0 aliphatic heterocycles. The lowest BCUT2D eigenvalue weighted by molar-refractivity contribution is 0.0635. The third kappa shape index (κ3) is 5.48. The zero-order chi connectivity index (χ0) is 15.3. The van der Waals surface area contributed by atoms with Crippen LogP contribution in [0.15, 0.2) is 18.2 Å². The number of carbonyl (C=O) groups is 1. The van der Waals surface area contributed by atoms with E-state index in [4.69, 9.17) is 15.2 Å². The Morgan fingerprint density at radius 2 is 2.05 bits per heavy atom. The molecule has 0 aliphatic rings. The largest absolute Gasteiger partial charge is 0.497 e. The Morgan fingerprint density at radius 3 is 2.55 bits per heavy atom. The molecule has 0 fully saturated rings. The number of hydrogen-bond donors (Lipinski definition) is 2. The van der Waals surface area contributed by atoms with Gasteiger partial charge < -0.3 is 15.2 Å². The van der Waals surface area contributed by atoms with E-state index >= 15 is 0 Å². The van der Waals surface area contributed by atoms with Crippen LogP contribution in [-0.2, 0) is 11.2 Å². The maximum Gasteiger partial charge on any atom is 0.412 e. The van der Waals surface area contributed by atoms with Gasteiger partial charge in [-0.25, -0.2) is 4.79 Å². The number of ether oxygens (including phenoxy) is 2. The van der Waals surface area contributed by atoms with Gasteiger partial charge in [0.1, 0.15) is 11.4 Å². The van der Waals surface area contributed by atoms with Crippen LogP contribution in [0.2, 0.25) is 0 Å². The number of nitrogens with one attached hydrogen (secondary N) is 1. The lowest BCUT2D eigenvalue weighted by Gasteiger charge is -2.21. The molecule has 5 nitrogen and oxygen atoms in total.